The standard InChI is InChI=1S/C17H19N5O7S/c1-30(27,28)13-4-2-12(3-5-13)20-15-14(22(25)26)16(19-10-18-15)29-9-11-6-7-21(8-11)17(23)24/h2-5,10-11H,6-9H2,1H3,(H,23,24)(H,18,19,20). The fourth-order valence-electron chi connectivity index (χ4n) is 2.99. The van der Waals surface area contributed by atoms with Crippen LogP contribution in [0.2, 0.25) is 0 Å². The van der Waals surface area contributed by atoms with Gasteiger partial charge in [0.25, 0.3) is 5.88 Å². The van der Waals surface area contributed by atoms with E-state index >= 15 is 0 Å². The van der Waals surface area contributed by atoms with Gasteiger partial charge in [-0.15, -0.1) is 0 Å². The van der Waals surface area contributed by atoms with Crippen molar-refractivity contribution in [1.82, 2.24) is 14.9 Å². The molecule has 0 saturated carbocycles. The molecule has 1 aliphatic rings. The van der Waals surface area contributed by atoms with Crippen LogP contribution in [0.5, 0.6) is 5.88 Å². The van der Waals surface area contributed by atoms with Crippen molar-refractivity contribution < 1.29 is 28.0 Å². The van der Waals surface area contributed by atoms with Gasteiger partial charge in [-0.1, -0.05) is 0 Å². The molecule has 0 spiro atoms. The normalized spacial score (nSPS) is 16.3. The molecule has 1 aliphatic heterocycles. The van der Waals surface area contributed by atoms with E-state index in [0.29, 0.717) is 18.7 Å². The predicted molar refractivity (Wildman–Crippen MR) is 105 cm³/mol. The van der Waals surface area contributed by atoms with Gasteiger partial charge in [-0.3, -0.25) is 10.1 Å². The molecule has 3 rings (SSSR count). The lowest BCUT2D eigenvalue weighted by Crippen LogP contribution is -2.27. The molecule has 0 bridgehead atoms. The SMILES string of the molecule is CS(=O)(=O)c1ccc(Nc2ncnc(OCC3CCN(C(=O)O)C3)c2[N+](=O)[O-])cc1. The van der Waals surface area contributed by atoms with Gasteiger partial charge in [-0.2, -0.15) is 4.98 Å². The number of ether oxygens (including phenoxy) is 1. The zero-order valence-electron chi connectivity index (χ0n) is 15.9. The molecule has 2 aromatic rings. The van der Waals surface area contributed by atoms with E-state index in [1.807, 2.05) is 0 Å². The summed E-state index contributed by atoms with van der Waals surface area (Å²) >= 11 is 0. The second-order valence-corrected chi connectivity index (χ2v) is 8.76. The van der Waals surface area contributed by atoms with Gasteiger partial charge in [0.05, 0.1) is 16.4 Å². The molecule has 2 heterocycles. The Morgan fingerprint density at radius 3 is 2.63 bits per heavy atom. The second-order valence-electron chi connectivity index (χ2n) is 6.75. The third-order valence-corrected chi connectivity index (χ3v) is 5.66. The molecule has 1 fully saturated rings. The predicted octanol–water partition coefficient (Wildman–Crippen LogP) is 1.91. The highest BCUT2D eigenvalue weighted by molar-refractivity contribution is 7.90. The zero-order valence-corrected chi connectivity index (χ0v) is 16.7. The number of aromatic nitrogens is 2. The van der Waals surface area contributed by atoms with E-state index in [0.717, 1.165) is 12.6 Å². The van der Waals surface area contributed by atoms with Gasteiger partial charge in [0.2, 0.25) is 5.82 Å². The summed E-state index contributed by atoms with van der Waals surface area (Å²) in [6.07, 6.45) is 1.75. The number of sulfone groups is 1. The van der Waals surface area contributed by atoms with Crippen LogP contribution in [-0.4, -0.2) is 65.4 Å². The number of benzene rings is 1. The third-order valence-electron chi connectivity index (χ3n) is 4.53. The molecule has 12 nitrogen and oxygen atoms in total. The first kappa shape index (κ1) is 21.2. The van der Waals surface area contributed by atoms with Crippen LogP contribution in [0.25, 0.3) is 0 Å². The topological polar surface area (TPSA) is 165 Å². The van der Waals surface area contributed by atoms with E-state index in [1.165, 1.54) is 29.2 Å². The summed E-state index contributed by atoms with van der Waals surface area (Å²) in [6.45, 7) is 0.738. The lowest BCUT2D eigenvalue weighted by atomic mass is 10.1. The smallest absolute Gasteiger partial charge is 0.407 e. The van der Waals surface area contributed by atoms with Gasteiger partial charge in [0, 0.05) is 31.0 Å². The van der Waals surface area contributed by atoms with Crippen LogP contribution < -0.4 is 10.1 Å². The minimum Gasteiger partial charge on any atom is -0.472 e. The number of hydrogen-bond donors (Lipinski definition) is 2. The summed E-state index contributed by atoms with van der Waals surface area (Å²) in [5.74, 6) is -0.453. The van der Waals surface area contributed by atoms with Gasteiger partial charge < -0.3 is 20.1 Å². The number of anilines is 2. The largest absolute Gasteiger partial charge is 0.472 e. The fourth-order valence-corrected chi connectivity index (χ4v) is 3.62. The lowest BCUT2D eigenvalue weighted by molar-refractivity contribution is -0.385. The van der Waals surface area contributed by atoms with Crippen molar-refractivity contribution in [2.75, 3.05) is 31.3 Å². The highest BCUT2D eigenvalue weighted by Crippen LogP contribution is 2.33. The van der Waals surface area contributed by atoms with Crippen molar-refractivity contribution in [2.45, 2.75) is 11.3 Å². The number of likely N-dealkylation sites (tertiary alicyclic amines) is 1. The molecule has 0 radical (unpaired) electrons. The number of amides is 1. The first-order chi connectivity index (χ1) is 14.1. The van der Waals surface area contributed by atoms with Gasteiger partial charge >= 0.3 is 11.8 Å². The first-order valence-corrected chi connectivity index (χ1v) is 10.7. The van der Waals surface area contributed by atoms with E-state index in [9.17, 15) is 23.3 Å². The molecule has 13 heteroatoms. The molecule has 1 unspecified atom stereocenters. The molecular formula is C17H19N5O7S. The number of carboxylic acid groups (broad SMARTS) is 1. The Labute approximate surface area is 171 Å². The fraction of sp³-hybridized carbons (Fsp3) is 0.353. The molecule has 160 valence electrons. The van der Waals surface area contributed by atoms with Gasteiger partial charge in [0.15, 0.2) is 9.84 Å². The average Bonchev–Trinajstić information content (AvgIpc) is 3.15. The minimum absolute atomic E-state index is 0.0735. The molecule has 1 amide bonds. The van der Waals surface area contributed by atoms with Gasteiger partial charge in [-0.05, 0) is 30.7 Å². The maximum Gasteiger partial charge on any atom is 0.407 e. The lowest BCUT2D eigenvalue weighted by Gasteiger charge is -2.13. The Balaban J connectivity index is 1.76. The van der Waals surface area contributed by atoms with Crippen LogP contribution in [0, 0.1) is 16.0 Å². The summed E-state index contributed by atoms with van der Waals surface area (Å²) in [4.78, 5) is 31.0. The van der Waals surface area contributed by atoms with Crippen molar-refractivity contribution in [3.63, 3.8) is 0 Å². The Hall–Kier alpha value is -3.48. The maximum absolute atomic E-state index is 11.6. The van der Waals surface area contributed by atoms with Crippen LogP contribution in [0.15, 0.2) is 35.5 Å². The number of carbonyl (C=O) groups is 1. The summed E-state index contributed by atoms with van der Waals surface area (Å²) in [6, 6.07) is 5.66. The van der Waals surface area contributed by atoms with Crippen LogP contribution in [0.4, 0.5) is 22.0 Å². The van der Waals surface area contributed by atoms with Gasteiger partial charge in [-0.25, -0.2) is 18.2 Å². The van der Waals surface area contributed by atoms with Crippen LogP contribution in [0.1, 0.15) is 6.42 Å². The number of hydrogen-bond acceptors (Lipinski definition) is 9. The van der Waals surface area contributed by atoms with Crippen molar-refractivity contribution in [1.29, 1.82) is 0 Å². The summed E-state index contributed by atoms with van der Waals surface area (Å²) in [5.41, 5.74) is -0.0826. The molecule has 1 aromatic heterocycles. The number of rotatable bonds is 7. The third kappa shape index (κ3) is 4.92. The van der Waals surface area contributed by atoms with Crippen LogP contribution >= 0.6 is 0 Å². The highest BCUT2D eigenvalue weighted by Gasteiger charge is 2.29. The van der Waals surface area contributed by atoms with Crippen molar-refractivity contribution in [3.8, 4) is 5.88 Å². The zero-order chi connectivity index (χ0) is 21.9. The molecular weight excluding hydrogens is 418 g/mol. The van der Waals surface area contributed by atoms with Crippen LogP contribution in [-0.2, 0) is 9.84 Å². The van der Waals surface area contributed by atoms with E-state index in [2.05, 4.69) is 15.3 Å². The Bertz CT molecular complexity index is 1060. The van der Waals surface area contributed by atoms with Crippen molar-refractivity contribution in [3.05, 3.63) is 40.7 Å². The van der Waals surface area contributed by atoms with Crippen molar-refractivity contribution >= 4 is 33.1 Å². The number of nitrogens with zero attached hydrogens (tertiary/aromatic N) is 4. The molecule has 1 aromatic carbocycles. The number of nitrogens with one attached hydrogen (secondary N) is 1. The van der Waals surface area contributed by atoms with E-state index in [-0.39, 0.29) is 35.7 Å². The maximum atomic E-state index is 11.6. The number of nitro groups is 1. The monoisotopic (exact) mass is 437 g/mol. The highest BCUT2D eigenvalue weighted by atomic mass is 32.2. The van der Waals surface area contributed by atoms with Crippen molar-refractivity contribution in [2.24, 2.45) is 5.92 Å². The second kappa shape index (κ2) is 8.49. The Kier molecular flexibility index (Phi) is 6.01. The molecule has 1 atom stereocenters. The Morgan fingerprint density at radius 2 is 2.07 bits per heavy atom. The minimum atomic E-state index is -3.37. The Morgan fingerprint density at radius 1 is 1.37 bits per heavy atom. The molecule has 2 N–H and O–H groups in total. The average molecular weight is 437 g/mol. The summed E-state index contributed by atoms with van der Waals surface area (Å²) in [7, 11) is -3.37. The summed E-state index contributed by atoms with van der Waals surface area (Å²) < 4.78 is 28.6. The van der Waals surface area contributed by atoms with E-state index in [1.54, 1.807) is 0 Å². The molecule has 1 saturated heterocycles. The molecule has 30 heavy (non-hydrogen) atoms. The van der Waals surface area contributed by atoms with Crippen LogP contribution in [0.3, 0.4) is 0 Å². The quantitative estimate of drug-likeness (QED) is 0.482. The van der Waals surface area contributed by atoms with E-state index in [4.69, 9.17) is 9.84 Å². The first-order valence-electron chi connectivity index (χ1n) is 8.82. The molecule has 0 aliphatic carbocycles. The van der Waals surface area contributed by atoms with E-state index < -0.39 is 26.5 Å². The summed E-state index contributed by atoms with van der Waals surface area (Å²) in [5, 5.41) is 23.4. The van der Waals surface area contributed by atoms with Gasteiger partial charge in [0.1, 0.15) is 6.33 Å².